The molecule has 0 amide bonds. The zero-order chi connectivity index (χ0) is 5.21. The molecule has 0 N–H and O–H groups in total. The first-order valence-corrected chi connectivity index (χ1v) is 1.57. The summed E-state index contributed by atoms with van der Waals surface area (Å²) in [6.45, 7) is 3.67. The van der Waals surface area contributed by atoms with Gasteiger partial charge in [0.25, 0.3) is 5.92 Å². The van der Waals surface area contributed by atoms with Crippen molar-refractivity contribution in [1.29, 1.82) is 0 Å². The lowest BCUT2D eigenvalue weighted by Gasteiger charge is -1.97. The van der Waals surface area contributed by atoms with Crippen molar-refractivity contribution in [2.45, 2.75) is 12.8 Å². The van der Waals surface area contributed by atoms with E-state index in [2.05, 4.69) is 6.58 Å². The molecule has 0 unspecified atom stereocenters. The Balaban J connectivity index is 3.45. The molecule has 0 aromatic heterocycles. The molecule has 0 bridgehead atoms. The highest BCUT2D eigenvalue weighted by Crippen LogP contribution is 2.10. The number of rotatable bonds is 1. The summed E-state index contributed by atoms with van der Waals surface area (Å²) < 4.78 is 22.7. The molecule has 0 radical (unpaired) electrons. The third-order valence-corrected chi connectivity index (χ3v) is 0.358. The van der Waals surface area contributed by atoms with Gasteiger partial charge in [0.05, 0.1) is 0 Å². The maximum atomic E-state index is 11.3. The van der Waals surface area contributed by atoms with Crippen LogP contribution in [0, 0.1) is 0 Å². The number of hydrogen-bond acceptors (Lipinski definition) is 0. The average molecular weight is 92.1 g/mol. The highest BCUT2D eigenvalue weighted by Gasteiger charge is 2.12. The third kappa shape index (κ3) is 3.60. The van der Waals surface area contributed by atoms with Crippen LogP contribution in [0.25, 0.3) is 0 Å². The van der Waals surface area contributed by atoms with Crippen LogP contribution in [-0.2, 0) is 0 Å². The van der Waals surface area contributed by atoms with Crippen molar-refractivity contribution in [3.05, 3.63) is 12.7 Å². The summed E-state index contributed by atoms with van der Waals surface area (Å²) in [5.74, 6) is -2.69. The van der Waals surface area contributed by atoms with Crippen LogP contribution in [0.1, 0.15) is 6.92 Å². The maximum absolute atomic E-state index is 11.3. The molecule has 0 aromatic rings. The SMILES string of the molecule is C=CC(C)(F)F. The summed E-state index contributed by atoms with van der Waals surface area (Å²) in [6, 6.07) is 0. The molecule has 0 saturated carbocycles. The second-order valence-electron chi connectivity index (χ2n) is 1.16. The van der Waals surface area contributed by atoms with Crippen LogP contribution in [0.3, 0.4) is 0 Å². The summed E-state index contributed by atoms with van der Waals surface area (Å²) in [7, 11) is 0. The molecule has 0 saturated heterocycles. The van der Waals surface area contributed by atoms with Gasteiger partial charge in [0, 0.05) is 6.92 Å². The van der Waals surface area contributed by atoms with Crippen molar-refractivity contribution in [2.75, 3.05) is 0 Å². The van der Waals surface area contributed by atoms with Crippen molar-refractivity contribution in [3.8, 4) is 0 Å². The van der Waals surface area contributed by atoms with E-state index in [-0.39, 0.29) is 0 Å². The minimum Gasteiger partial charge on any atom is -0.202 e. The van der Waals surface area contributed by atoms with Crippen LogP contribution >= 0.6 is 0 Å². The Morgan fingerprint density at radius 2 is 1.83 bits per heavy atom. The van der Waals surface area contributed by atoms with Crippen LogP contribution in [0.15, 0.2) is 12.7 Å². The molecule has 36 valence electrons. The van der Waals surface area contributed by atoms with Crippen LogP contribution in [0.4, 0.5) is 8.78 Å². The molecule has 0 heterocycles. The predicted octanol–water partition coefficient (Wildman–Crippen LogP) is 1.83. The number of halogens is 2. The Labute approximate surface area is 35.5 Å². The van der Waals surface area contributed by atoms with Gasteiger partial charge in [-0.1, -0.05) is 6.58 Å². The van der Waals surface area contributed by atoms with Gasteiger partial charge in [0.2, 0.25) is 0 Å². The van der Waals surface area contributed by atoms with E-state index < -0.39 is 5.92 Å². The van der Waals surface area contributed by atoms with Gasteiger partial charge in [-0.2, -0.15) is 0 Å². The summed E-state index contributed by atoms with van der Waals surface area (Å²) in [6.07, 6.45) is 0.604. The van der Waals surface area contributed by atoms with E-state index in [0.717, 1.165) is 6.92 Å². The second-order valence-corrected chi connectivity index (χ2v) is 1.16. The van der Waals surface area contributed by atoms with Gasteiger partial charge in [-0.3, -0.25) is 0 Å². The van der Waals surface area contributed by atoms with Gasteiger partial charge < -0.3 is 0 Å². The van der Waals surface area contributed by atoms with Gasteiger partial charge in [0.1, 0.15) is 0 Å². The van der Waals surface area contributed by atoms with Crippen LogP contribution in [0.5, 0.6) is 0 Å². The fourth-order valence-corrected chi connectivity index (χ4v) is 0. The third-order valence-electron chi connectivity index (χ3n) is 0.358. The first kappa shape index (κ1) is 5.60. The maximum Gasteiger partial charge on any atom is 0.263 e. The minimum absolute atomic E-state index is 0.604. The van der Waals surface area contributed by atoms with Crippen molar-refractivity contribution in [1.82, 2.24) is 0 Å². The largest absolute Gasteiger partial charge is 0.263 e. The van der Waals surface area contributed by atoms with E-state index in [9.17, 15) is 8.78 Å². The van der Waals surface area contributed by atoms with Crippen molar-refractivity contribution in [2.24, 2.45) is 0 Å². The van der Waals surface area contributed by atoms with Gasteiger partial charge in [-0.25, -0.2) is 8.78 Å². The van der Waals surface area contributed by atoms with Crippen LogP contribution in [-0.4, -0.2) is 5.92 Å². The van der Waals surface area contributed by atoms with E-state index in [0.29, 0.717) is 6.08 Å². The fourth-order valence-electron chi connectivity index (χ4n) is 0. The van der Waals surface area contributed by atoms with Gasteiger partial charge >= 0.3 is 0 Å². The first-order chi connectivity index (χ1) is 2.56. The van der Waals surface area contributed by atoms with Crippen molar-refractivity contribution in [3.63, 3.8) is 0 Å². The van der Waals surface area contributed by atoms with Crippen LogP contribution in [0.2, 0.25) is 0 Å². The highest BCUT2D eigenvalue weighted by atomic mass is 19.3. The van der Waals surface area contributed by atoms with Crippen molar-refractivity contribution >= 4 is 0 Å². The smallest absolute Gasteiger partial charge is 0.202 e. The molecule has 0 atom stereocenters. The minimum atomic E-state index is -2.69. The molecule has 0 fully saturated rings. The molecule has 0 rings (SSSR count). The first-order valence-electron chi connectivity index (χ1n) is 1.57. The monoisotopic (exact) mass is 92.0 g/mol. The quantitative estimate of drug-likeness (QED) is 0.433. The summed E-state index contributed by atoms with van der Waals surface area (Å²) in [5.41, 5.74) is 0. The lowest BCUT2D eigenvalue weighted by atomic mass is 10.4. The molecule has 0 aliphatic rings. The summed E-state index contributed by atoms with van der Waals surface area (Å²) >= 11 is 0. The zero-order valence-electron chi connectivity index (χ0n) is 3.54. The van der Waals surface area contributed by atoms with Gasteiger partial charge in [0.15, 0.2) is 0 Å². The number of hydrogen-bond donors (Lipinski definition) is 0. The molecule has 0 aromatic carbocycles. The standard InChI is InChI=1S/C4H6F2/c1-3-4(2,5)6/h3H,1H2,2H3. The molecule has 0 aliphatic heterocycles. The van der Waals surface area contributed by atoms with E-state index in [1.165, 1.54) is 0 Å². The van der Waals surface area contributed by atoms with Gasteiger partial charge in [-0.15, -0.1) is 0 Å². The second kappa shape index (κ2) is 1.37. The normalized spacial score (nSPS) is 11.2. The fraction of sp³-hybridized carbons (Fsp3) is 0.500. The van der Waals surface area contributed by atoms with E-state index in [1.807, 2.05) is 0 Å². The van der Waals surface area contributed by atoms with E-state index in [1.54, 1.807) is 0 Å². The summed E-state index contributed by atoms with van der Waals surface area (Å²) in [4.78, 5) is 0. The molecule has 6 heavy (non-hydrogen) atoms. The average Bonchev–Trinajstić information content (AvgIpc) is 1.35. The Bertz CT molecular complexity index is 51.1. The molecule has 0 spiro atoms. The van der Waals surface area contributed by atoms with Crippen LogP contribution < -0.4 is 0 Å². The summed E-state index contributed by atoms with van der Waals surface area (Å²) in [5, 5.41) is 0. The molecule has 0 nitrogen and oxygen atoms in total. The van der Waals surface area contributed by atoms with E-state index >= 15 is 0 Å². The predicted molar refractivity (Wildman–Crippen MR) is 20.8 cm³/mol. The molecule has 2 heteroatoms. The zero-order valence-corrected chi connectivity index (χ0v) is 3.54. The van der Waals surface area contributed by atoms with E-state index in [4.69, 9.17) is 0 Å². The molecule has 0 aliphatic carbocycles. The van der Waals surface area contributed by atoms with Crippen molar-refractivity contribution < 1.29 is 8.78 Å². The number of alkyl halides is 2. The Morgan fingerprint density at radius 3 is 1.83 bits per heavy atom. The Morgan fingerprint density at radius 1 is 1.67 bits per heavy atom. The lowest BCUT2D eigenvalue weighted by Crippen LogP contribution is -2.01. The highest BCUT2D eigenvalue weighted by molar-refractivity contribution is 4.81. The number of allylic oxidation sites excluding steroid dienone is 1. The Kier molecular flexibility index (Phi) is 1.28. The van der Waals surface area contributed by atoms with Gasteiger partial charge in [-0.05, 0) is 6.08 Å². The Hall–Kier alpha value is -0.400. The molecular weight excluding hydrogens is 86.0 g/mol. The topological polar surface area (TPSA) is 0 Å². The molecular formula is C4H6F2. The lowest BCUT2D eigenvalue weighted by molar-refractivity contribution is 0.0779.